The molecule has 0 spiro atoms. The summed E-state index contributed by atoms with van der Waals surface area (Å²) in [5.74, 6) is 0. The zero-order valence-electron chi connectivity index (χ0n) is 11.0. The Kier molecular flexibility index (Phi) is 4.54. The summed E-state index contributed by atoms with van der Waals surface area (Å²) in [7, 11) is 0. The second kappa shape index (κ2) is 6.21. The fourth-order valence-corrected chi connectivity index (χ4v) is 3.86. The van der Waals surface area contributed by atoms with Crippen molar-refractivity contribution >= 4 is 43.5 Å². The van der Waals surface area contributed by atoms with Gasteiger partial charge >= 0.3 is 0 Å². The van der Waals surface area contributed by atoms with Gasteiger partial charge in [0.1, 0.15) is 0 Å². The summed E-state index contributed by atoms with van der Waals surface area (Å²) < 4.78 is 0.944. The van der Waals surface area contributed by atoms with Gasteiger partial charge in [-0.1, -0.05) is 51.8 Å². The van der Waals surface area contributed by atoms with E-state index in [1.54, 1.807) is 0 Å². The van der Waals surface area contributed by atoms with Crippen LogP contribution in [0.2, 0.25) is 5.02 Å². The highest BCUT2D eigenvalue weighted by Gasteiger charge is 2.15. The Labute approximate surface area is 141 Å². The number of aryl methyl sites for hydroxylation is 2. The molecule has 3 heteroatoms. The van der Waals surface area contributed by atoms with Crippen LogP contribution in [-0.2, 0) is 12.8 Å². The van der Waals surface area contributed by atoms with E-state index in [9.17, 15) is 0 Å². The number of benzene rings is 2. The number of hydrogen-bond donors (Lipinski definition) is 0. The summed E-state index contributed by atoms with van der Waals surface area (Å²) in [5.41, 5.74) is 5.58. The van der Waals surface area contributed by atoms with Crippen molar-refractivity contribution in [2.45, 2.75) is 30.5 Å². The third kappa shape index (κ3) is 2.98. The second-order valence-corrected chi connectivity index (χ2v) is 7.45. The summed E-state index contributed by atoms with van der Waals surface area (Å²) in [6.07, 6.45) is 5.09. The van der Waals surface area contributed by atoms with Gasteiger partial charge in [0.15, 0.2) is 0 Å². The van der Waals surface area contributed by atoms with Gasteiger partial charge in [-0.2, -0.15) is 0 Å². The van der Waals surface area contributed by atoms with E-state index in [2.05, 4.69) is 62.2 Å². The molecule has 1 unspecified atom stereocenters. The molecule has 0 bridgehead atoms. The van der Waals surface area contributed by atoms with Gasteiger partial charge in [0.2, 0.25) is 0 Å². The van der Waals surface area contributed by atoms with E-state index in [0.717, 1.165) is 9.50 Å². The number of rotatable bonds is 2. The molecule has 0 aromatic heterocycles. The molecule has 1 atom stereocenters. The Morgan fingerprint density at radius 2 is 1.55 bits per heavy atom. The van der Waals surface area contributed by atoms with Crippen LogP contribution in [0.15, 0.2) is 40.9 Å². The highest BCUT2D eigenvalue weighted by atomic mass is 79.9. The molecule has 0 fully saturated rings. The Balaban J connectivity index is 1.93. The average Bonchev–Trinajstić information content (AvgIpc) is 2.49. The van der Waals surface area contributed by atoms with Crippen LogP contribution in [0.5, 0.6) is 0 Å². The standard InChI is InChI=1S/C17H15Br2Cl/c18-15-10-14(7-8-16(15)20)17(19)13-6-5-11-3-1-2-4-12(11)9-13/h5-10,17H,1-4H2. The lowest BCUT2D eigenvalue weighted by Gasteiger charge is -2.19. The Bertz CT molecular complexity index is 637. The monoisotopic (exact) mass is 412 g/mol. The minimum Gasteiger partial charge on any atom is -0.0831 e. The molecule has 2 aromatic rings. The lowest BCUT2D eigenvalue weighted by atomic mass is 9.89. The van der Waals surface area contributed by atoms with Crippen molar-refractivity contribution in [3.8, 4) is 0 Å². The summed E-state index contributed by atoms with van der Waals surface area (Å²) >= 11 is 13.4. The van der Waals surface area contributed by atoms with Gasteiger partial charge in [-0.05, 0) is 76.0 Å². The lowest BCUT2D eigenvalue weighted by Crippen LogP contribution is -2.04. The molecule has 20 heavy (non-hydrogen) atoms. The van der Waals surface area contributed by atoms with E-state index in [1.807, 2.05) is 6.07 Å². The fraction of sp³-hybridized carbons (Fsp3) is 0.294. The molecule has 0 N–H and O–H groups in total. The normalized spacial score (nSPS) is 15.8. The van der Waals surface area contributed by atoms with Gasteiger partial charge in [-0.3, -0.25) is 0 Å². The van der Waals surface area contributed by atoms with Crippen molar-refractivity contribution < 1.29 is 0 Å². The maximum Gasteiger partial charge on any atom is 0.0645 e. The minimum absolute atomic E-state index is 0.211. The average molecular weight is 415 g/mol. The summed E-state index contributed by atoms with van der Waals surface area (Å²) in [5, 5.41) is 0.749. The van der Waals surface area contributed by atoms with Gasteiger partial charge < -0.3 is 0 Å². The molecular formula is C17H15Br2Cl. The maximum atomic E-state index is 6.06. The Morgan fingerprint density at radius 1 is 0.900 bits per heavy atom. The topological polar surface area (TPSA) is 0 Å². The van der Waals surface area contributed by atoms with Gasteiger partial charge in [-0.25, -0.2) is 0 Å². The van der Waals surface area contributed by atoms with E-state index < -0.39 is 0 Å². The molecule has 104 valence electrons. The first-order valence-electron chi connectivity index (χ1n) is 6.86. The highest BCUT2D eigenvalue weighted by Crippen LogP contribution is 2.36. The number of fused-ring (bicyclic) bond motifs is 1. The van der Waals surface area contributed by atoms with Crippen LogP contribution in [0.3, 0.4) is 0 Å². The van der Waals surface area contributed by atoms with E-state index in [4.69, 9.17) is 11.6 Å². The SMILES string of the molecule is Clc1ccc(C(Br)c2ccc3c(c2)CCCC3)cc1Br. The molecule has 2 aromatic carbocycles. The van der Waals surface area contributed by atoms with Crippen molar-refractivity contribution in [1.29, 1.82) is 0 Å². The van der Waals surface area contributed by atoms with Gasteiger partial charge in [0.25, 0.3) is 0 Å². The largest absolute Gasteiger partial charge is 0.0831 e. The molecular weight excluding hydrogens is 399 g/mol. The van der Waals surface area contributed by atoms with Crippen molar-refractivity contribution in [1.82, 2.24) is 0 Å². The van der Waals surface area contributed by atoms with Crippen LogP contribution in [0, 0.1) is 0 Å². The molecule has 0 nitrogen and oxygen atoms in total. The van der Waals surface area contributed by atoms with E-state index in [-0.39, 0.29) is 4.83 Å². The maximum absolute atomic E-state index is 6.06. The molecule has 1 aliphatic rings. The molecule has 0 aliphatic heterocycles. The number of halogens is 3. The van der Waals surface area contributed by atoms with Gasteiger partial charge in [0.05, 0.1) is 9.85 Å². The smallest absolute Gasteiger partial charge is 0.0645 e. The number of alkyl halides is 1. The first-order valence-corrected chi connectivity index (χ1v) is 8.94. The molecule has 0 saturated heterocycles. The van der Waals surface area contributed by atoms with E-state index in [0.29, 0.717) is 0 Å². The predicted octanol–water partition coefficient (Wildman–Crippen LogP) is 6.47. The van der Waals surface area contributed by atoms with E-state index >= 15 is 0 Å². The molecule has 0 amide bonds. The predicted molar refractivity (Wildman–Crippen MR) is 93.0 cm³/mol. The zero-order valence-corrected chi connectivity index (χ0v) is 14.9. The molecule has 1 aliphatic carbocycles. The molecule has 0 heterocycles. The Hall–Kier alpha value is -0.310. The first kappa shape index (κ1) is 14.6. The molecule has 0 saturated carbocycles. The van der Waals surface area contributed by atoms with Gasteiger partial charge in [0, 0.05) is 4.47 Å². The van der Waals surface area contributed by atoms with Crippen LogP contribution in [0.4, 0.5) is 0 Å². The lowest BCUT2D eigenvalue weighted by molar-refractivity contribution is 0.684. The van der Waals surface area contributed by atoms with Gasteiger partial charge in [-0.15, -0.1) is 0 Å². The van der Waals surface area contributed by atoms with Crippen molar-refractivity contribution in [3.05, 3.63) is 68.1 Å². The second-order valence-electron chi connectivity index (χ2n) is 5.27. The molecule has 3 rings (SSSR count). The van der Waals surface area contributed by atoms with Crippen LogP contribution in [0.1, 0.15) is 39.9 Å². The van der Waals surface area contributed by atoms with Crippen LogP contribution >= 0.6 is 43.5 Å². The summed E-state index contributed by atoms with van der Waals surface area (Å²) in [6.45, 7) is 0. The van der Waals surface area contributed by atoms with Crippen LogP contribution in [-0.4, -0.2) is 0 Å². The fourth-order valence-electron chi connectivity index (χ4n) is 2.77. The summed E-state index contributed by atoms with van der Waals surface area (Å²) in [4.78, 5) is 0.211. The third-order valence-electron chi connectivity index (χ3n) is 3.90. The zero-order chi connectivity index (χ0) is 14.1. The minimum atomic E-state index is 0.211. The van der Waals surface area contributed by atoms with E-state index in [1.165, 1.54) is 47.9 Å². The quantitative estimate of drug-likeness (QED) is 0.494. The highest BCUT2D eigenvalue weighted by molar-refractivity contribution is 9.10. The third-order valence-corrected chi connectivity index (χ3v) is 6.17. The van der Waals surface area contributed by atoms with Crippen molar-refractivity contribution in [3.63, 3.8) is 0 Å². The van der Waals surface area contributed by atoms with Crippen LogP contribution < -0.4 is 0 Å². The van der Waals surface area contributed by atoms with Crippen molar-refractivity contribution in [2.75, 3.05) is 0 Å². The molecule has 0 radical (unpaired) electrons. The summed E-state index contributed by atoms with van der Waals surface area (Å²) in [6, 6.07) is 13.0. The van der Waals surface area contributed by atoms with Crippen LogP contribution in [0.25, 0.3) is 0 Å². The van der Waals surface area contributed by atoms with Crippen molar-refractivity contribution in [2.24, 2.45) is 0 Å². The Morgan fingerprint density at radius 3 is 2.30 bits per heavy atom. The first-order chi connectivity index (χ1) is 9.65. The number of hydrogen-bond acceptors (Lipinski definition) is 0.